The number of thioether (sulfide) groups is 1. The molecule has 1 aliphatic heterocycles. The average molecular weight is 253 g/mol. The monoisotopic (exact) mass is 253 g/mol. The van der Waals surface area contributed by atoms with Crippen molar-refractivity contribution in [1.29, 1.82) is 0 Å². The molecular formula is C12H15NO3S. The molecule has 0 spiro atoms. The van der Waals surface area contributed by atoms with Gasteiger partial charge in [0.25, 0.3) is 5.69 Å². The number of benzene rings is 1. The van der Waals surface area contributed by atoms with Gasteiger partial charge >= 0.3 is 0 Å². The minimum Gasteiger partial charge on any atom is -0.490 e. The van der Waals surface area contributed by atoms with Crippen LogP contribution in [-0.2, 0) is 0 Å². The number of non-ortho nitro benzene ring substituents is 1. The maximum absolute atomic E-state index is 10.8. The van der Waals surface area contributed by atoms with Crippen LogP contribution in [0.25, 0.3) is 0 Å². The van der Waals surface area contributed by atoms with E-state index in [9.17, 15) is 10.1 Å². The molecule has 0 saturated carbocycles. The second-order valence-electron chi connectivity index (χ2n) is 4.32. The van der Waals surface area contributed by atoms with E-state index >= 15 is 0 Å². The lowest BCUT2D eigenvalue weighted by atomic mass is 9.92. The van der Waals surface area contributed by atoms with Gasteiger partial charge in [-0.2, -0.15) is 11.8 Å². The summed E-state index contributed by atoms with van der Waals surface area (Å²) >= 11 is 1.72. The van der Waals surface area contributed by atoms with Crippen LogP contribution in [-0.4, -0.2) is 17.3 Å². The highest BCUT2D eigenvalue weighted by Crippen LogP contribution is 2.46. The molecule has 1 aromatic rings. The molecular weight excluding hydrogens is 238 g/mol. The van der Waals surface area contributed by atoms with Gasteiger partial charge in [0.05, 0.1) is 11.0 Å². The lowest BCUT2D eigenvalue weighted by Crippen LogP contribution is -2.30. The zero-order valence-electron chi connectivity index (χ0n) is 10.0. The van der Waals surface area contributed by atoms with Crippen molar-refractivity contribution in [3.8, 4) is 5.75 Å². The van der Waals surface area contributed by atoms with Crippen LogP contribution >= 0.6 is 11.8 Å². The first-order chi connectivity index (χ1) is 8.04. The summed E-state index contributed by atoms with van der Waals surface area (Å²) in [5.41, 5.74) is 1.07. The summed E-state index contributed by atoms with van der Waals surface area (Å²) < 4.78 is 5.77. The number of rotatable bonds is 2. The lowest BCUT2D eigenvalue weighted by molar-refractivity contribution is -0.385. The fraction of sp³-hybridized carbons (Fsp3) is 0.500. The topological polar surface area (TPSA) is 52.4 Å². The Hall–Kier alpha value is -1.23. The first kappa shape index (κ1) is 12.2. The van der Waals surface area contributed by atoms with Gasteiger partial charge in [-0.05, 0) is 19.2 Å². The van der Waals surface area contributed by atoms with Crippen molar-refractivity contribution >= 4 is 17.4 Å². The van der Waals surface area contributed by atoms with Gasteiger partial charge in [-0.25, -0.2) is 0 Å². The summed E-state index contributed by atoms with van der Waals surface area (Å²) in [6.45, 7) is 4.16. The van der Waals surface area contributed by atoms with Crippen molar-refractivity contribution < 1.29 is 9.66 Å². The van der Waals surface area contributed by atoms with E-state index in [1.165, 1.54) is 6.07 Å². The summed E-state index contributed by atoms with van der Waals surface area (Å²) in [6, 6.07) is 4.84. The van der Waals surface area contributed by atoms with Crippen molar-refractivity contribution in [3.05, 3.63) is 33.9 Å². The molecule has 1 heterocycles. The van der Waals surface area contributed by atoms with E-state index in [2.05, 4.69) is 6.92 Å². The zero-order chi connectivity index (χ0) is 12.6. The molecule has 0 aromatic heterocycles. The van der Waals surface area contributed by atoms with E-state index < -0.39 is 0 Å². The molecule has 0 radical (unpaired) electrons. The third-order valence-electron chi connectivity index (χ3n) is 3.30. The van der Waals surface area contributed by atoms with Crippen molar-refractivity contribution in [1.82, 2.24) is 0 Å². The highest BCUT2D eigenvalue weighted by molar-refractivity contribution is 7.98. The maximum Gasteiger partial charge on any atom is 0.270 e. The Balaban J connectivity index is 2.48. The Morgan fingerprint density at radius 2 is 2.12 bits per heavy atom. The van der Waals surface area contributed by atoms with E-state index in [0.717, 1.165) is 11.3 Å². The fourth-order valence-electron chi connectivity index (χ4n) is 2.16. The largest absolute Gasteiger partial charge is 0.490 e. The van der Waals surface area contributed by atoms with Crippen LogP contribution in [0.2, 0.25) is 0 Å². The molecule has 4 nitrogen and oxygen atoms in total. The fourth-order valence-corrected chi connectivity index (χ4v) is 3.25. The van der Waals surface area contributed by atoms with E-state index in [0.29, 0.717) is 5.92 Å². The van der Waals surface area contributed by atoms with Gasteiger partial charge in [-0.1, -0.05) is 6.92 Å². The highest BCUT2D eigenvalue weighted by Gasteiger charge is 2.33. The SMILES string of the molecule is CSC1c2cc([N+](=O)[O-])ccc2OC(C)C1C. The second-order valence-corrected chi connectivity index (χ2v) is 5.30. The minimum atomic E-state index is -0.361. The Morgan fingerprint density at radius 1 is 1.41 bits per heavy atom. The van der Waals surface area contributed by atoms with Crippen molar-refractivity contribution in [2.75, 3.05) is 6.26 Å². The van der Waals surface area contributed by atoms with Crippen LogP contribution in [0.1, 0.15) is 24.7 Å². The van der Waals surface area contributed by atoms with Crippen LogP contribution in [0, 0.1) is 16.0 Å². The third kappa shape index (κ3) is 2.11. The number of nitro benzene ring substituents is 1. The average Bonchev–Trinajstić information content (AvgIpc) is 2.30. The summed E-state index contributed by atoms with van der Waals surface area (Å²) in [6.07, 6.45) is 2.17. The molecule has 92 valence electrons. The molecule has 2 rings (SSSR count). The van der Waals surface area contributed by atoms with Crippen LogP contribution in [0.4, 0.5) is 5.69 Å². The summed E-state index contributed by atoms with van der Waals surface area (Å²) in [5.74, 6) is 1.13. The summed E-state index contributed by atoms with van der Waals surface area (Å²) in [4.78, 5) is 10.4. The molecule has 0 aliphatic carbocycles. The number of nitrogens with zero attached hydrogens (tertiary/aromatic N) is 1. The molecule has 1 aromatic carbocycles. The van der Waals surface area contributed by atoms with Gasteiger partial charge in [-0.3, -0.25) is 10.1 Å². The second kappa shape index (κ2) is 4.56. The molecule has 0 bridgehead atoms. The number of hydrogen-bond donors (Lipinski definition) is 0. The maximum atomic E-state index is 10.8. The molecule has 17 heavy (non-hydrogen) atoms. The Labute approximate surface area is 105 Å². The van der Waals surface area contributed by atoms with Gasteiger partial charge in [0.2, 0.25) is 0 Å². The van der Waals surface area contributed by atoms with E-state index in [4.69, 9.17) is 4.74 Å². The number of hydrogen-bond acceptors (Lipinski definition) is 4. The summed E-state index contributed by atoms with van der Waals surface area (Å²) in [5, 5.41) is 11.0. The van der Waals surface area contributed by atoms with Gasteiger partial charge in [0, 0.05) is 28.9 Å². The Bertz CT molecular complexity index is 449. The molecule has 0 fully saturated rings. The van der Waals surface area contributed by atoms with E-state index in [1.54, 1.807) is 23.9 Å². The Kier molecular flexibility index (Phi) is 3.28. The lowest BCUT2D eigenvalue weighted by Gasteiger charge is -2.35. The number of nitro groups is 1. The van der Waals surface area contributed by atoms with Crippen molar-refractivity contribution in [2.45, 2.75) is 25.2 Å². The first-order valence-corrected chi connectivity index (χ1v) is 6.81. The number of fused-ring (bicyclic) bond motifs is 1. The highest BCUT2D eigenvalue weighted by atomic mass is 32.2. The predicted octanol–water partition coefficient (Wildman–Crippen LogP) is 3.42. The van der Waals surface area contributed by atoms with Crippen molar-refractivity contribution in [2.24, 2.45) is 5.92 Å². The normalized spacial score (nSPS) is 27.1. The minimum absolute atomic E-state index is 0.133. The van der Waals surface area contributed by atoms with Gasteiger partial charge in [-0.15, -0.1) is 0 Å². The predicted molar refractivity (Wildman–Crippen MR) is 68.6 cm³/mol. The molecule has 0 N–H and O–H groups in total. The van der Waals surface area contributed by atoms with Crippen LogP contribution < -0.4 is 4.74 Å². The smallest absolute Gasteiger partial charge is 0.270 e. The summed E-state index contributed by atoms with van der Waals surface area (Å²) in [7, 11) is 0. The van der Waals surface area contributed by atoms with Crippen molar-refractivity contribution in [3.63, 3.8) is 0 Å². The molecule has 1 aliphatic rings. The quantitative estimate of drug-likeness (QED) is 0.598. The molecule has 5 heteroatoms. The molecule has 3 atom stereocenters. The zero-order valence-corrected chi connectivity index (χ0v) is 10.9. The van der Waals surface area contributed by atoms with Gasteiger partial charge < -0.3 is 4.74 Å². The number of ether oxygens (including phenoxy) is 1. The molecule has 3 unspecified atom stereocenters. The van der Waals surface area contributed by atoms with E-state index in [1.807, 2.05) is 13.2 Å². The van der Waals surface area contributed by atoms with E-state index in [-0.39, 0.29) is 22.0 Å². The van der Waals surface area contributed by atoms with Gasteiger partial charge in [0.1, 0.15) is 5.75 Å². The third-order valence-corrected chi connectivity index (χ3v) is 4.49. The molecule has 0 saturated heterocycles. The van der Waals surface area contributed by atoms with Crippen LogP contribution in [0.3, 0.4) is 0 Å². The molecule has 0 amide bonds. The van der Waals surface area contributed by atoms with Crippen LogP contribution in [0.5, 0.6) is 5.75 Å². The van der Waals surface area contributed by atoms with Gasteiger partial charge in [0.15, 0.2) is 0 Å². The van der Waals surface area contributed by atoms with Crippen LogP contribution in [0.15, 0.2) is 18.2 Å². The standard InChI is InChI=1S/C12H15NO3S/c1-7-8(2)16-11-5-4-9(13(14)15)6-10(11)12(7)17-3/h4-8,12H,1-3H3. The Morgan fingerprint density at radius 3 is 2.71 bits per heavy atom. The first-order valence-electron chi connectivity index (χ1n) is 5.52.